The van der Waals surface area contributed by atoms with Gasteiger partial charge in [-0.15, -0.1) is 0 Å². The molecule has 1 amide bonds. The first kappa shape index (κ1) is 18.2. The monoisotopic (exact) mass is 440 g/mol. The summed E-state index contributed by atoms with van der Waals surface area (Å²) in [6, 6.07) is 6.02. The average Bonchev–Trinajstić information content (AvgIpc) is 2.78. The van der Waals surface area contributed by atoms with Crippen LogP contribution in [0.5, 0.6) is 0 Å². The maximum absolute atomic E-state index is 13.4. The summed E-state index contributed by atoms with van der Waals surface area (Å²) in [7, 11) is 0. The number of rotatable bonds is 1. The van der Waals surface area contributed by atoms with Gasteiger partial charge in [0.2, 0.25) is 0 Å². The summed E-state index contributed by atoms with van der Waals surface area (Å²) in [5.41, 5.74) is -3.86. The molecule has 0 aromatic heterocycles. The summed E-state index contributed by atoms with van der Waals surface area (Å²) >= 11 is 2.02. The first-order chi connectivity index (χ1) is 10.4. The fourth-order valence-electron chi connectivity index (χ4n) is 2.11. The van der Waals surface area contributed by atoms with Gasteiger partial charge in [0.25, 0.3) is 11.6 Å². The molecular formula is C15H16F3IN2O2. The van der Waals surface area contributed by atoms with Crippen LogP contribution in [0.15, 0.2) is 29.4 Å². The van der Waals surface area contributed by atoms with E-state index < -0.39 is 29.6 Å². The van der Waals surface area contributed by atoms with Crippen molar-refractivity contribution in [3.8, 4) is 0 Å². The minimum absolute atomic E-state index is 0.0343. The summed E-state index contributed by atoms with van der Waals surface area (Å²) in [6.07, 6.45) is -5.77. The van der Waals surface area contributed by atoms with E-state index in [2.05, 4.69) is 5.10 Å². The van der Waals surface area contributed by atoms with E-state index >= 15 is 0 Å². The van der Waals surface area contributed by atoms with Crippen molar-refractivity contribution in [3.05, 3.63) is 33.4 Å². The topological polar surface area (TPSA) is 52.9 Å². The molecule has 0 saturated carbocycles. The van der Waals surface area contributed by atoms with Crippen molar-refractivity contribution >= 4 is 34.2 Å². The molecule has 23 heavy (non-hydrogen) atoms. The number of nitrogens with zero attached hydrogens (tertiary/aromatic N) is 2. The first-order valence-corrected chi connectivity index (χ1v) is 7.91. The lowest BCUT2D eigenvalue weighted by molar-refractivity contribution is -0.297. The Balaban J connectivity index is 2.48. The third kappa shape index (κ3) is 3.37. The molecule has 8 heteroatoms. The summed E-state index contributed by atoms with van der Waals surface area (Å²) in [5.74, 6) is -0.986. The zero-order valence-corrected chi connectivity index (χ0v) is 14.9. The van der Waals surface area contributed by atoms with Gasteiger partial charge < -0.3 is 5.11 Å². The van der Waals surface area contributed by atoms with Gasteiger partial charge in [-0.05, 0) is 46.9 Å². The van der Waals surface area contributed by atoms with Crippen LogP contribution in [0.2, 0.25) is 0 Å². The molecule has 126 valence electrons. The van der Waals surface area contributed by atoms with E-state index in [1.807, 2.05) is 22.6 Å². The second-order valence-electron chi connectivity index (χ2n) is 6.41. The first-order valence-electron chi connectivity index (χ1n) is 6.83. The van der Waals surface area contributed by atoms with Crippen molar-refractivity contribution < 1.29 is 23.1 Å². The van der Waals surface area contributed by atoms with Gasteiger partial charge in [0.05, 0.1) is 0 Å². The summed E-state index contributed by atoms with van der Waals surface area (Å²) in [5, 5.41) is 14.1. The van der Waals surface area contributed by atoms with E-state index in [1.165, 1.54) is 12.1 Å². The van der Waals surface area contributed by atoms with Crippen molar-refractivity contribution in [1.82, 2.24) is 5.01 Å². The van der Waals surface area contributed by atoms with Gasteiger partial charge in [-0.25, -0.2) is 0 Å². The standard InChI is InChI=1S/C15H16F3IN2O2/c1-13(2,3)11-8-14(23,15(16,17)18)21(20-11)12(22)9-4-6-10(19)7-5-9/h4-7,23H,8H2,1-3H3. The van der Waals surface area contributed by atoms with Crippen molar-refractivity contribution in [2.45, 2.75) is 39.1 Å². The molecule has 1 unspecified atom stereocenters. The number of carbonyl (C=O) groups is 1. The Labute approximate surface area is 145 Å². The number of alkyl halides is 3. The molecule has 1 aromatic carbocycles. The molecule has 2 rings (SSSR count). The maximum atomic E-state index is 13.4. The lowest BCUT2D eigenvalue weighted by Gasteiger charge is -2.32. The average molecular weight is 440 g/mol. The molecule has 1 aliphatic heterocycles. The zero-order valence-electron chi connectivity index (χ0n) is 12.8. The van der Waals surface area contributed by atoms with Crippen molar-refractivity contribution in [2.24, 2.45) is 10.5 Å². The third-order valence-corrected chi connectivity index (χ3v) is 4.31. The molecule has 1 N–H and O–H groups in total. The minimum Gasteiger partial charge on any atom is -0.362 e. The van der Waals surface area contributed by atoms with E-state index in [9.17, 15) is 23.1 Å². The highest BCUT2D eigenvalue weighted by Crippen LogP contribution is 2.43. The van der Waals surface area contributed by atoms with Crippen molar-refractivity contribution in [2.75, 3.05) is 0 Å². The van der Waals surface area contributed by atoms with Gasteiger partial charge in [-0.2, -0.15) is 23.3 Å². The van der Waals surface area contributed by atoms with Crippen LogP contribution in [0.1, 0.15) is 37.6 Å². The van der Waals surface area contributed by atoms with Gasteiger partial charge in [-0.1, -0.05) is 20.8 Å². The number of carbonyl (C=O) groups excluding carboxylic acids is 1. The van der Waals surface area contributed by atoms with Gasteiger partial charge >= 0.3 is 6.18 Å². The van der Waals surface area contributed by atoms with E-state index in [-0.39, 0.29) is 16.3 Å². The highest BCUT2D eigenvalue weighted by Gasteiger charge is 2.64. The highest BCUT2D eigenvalue weighted by molar-refractivity contribution is 14.1. The van der Waals surface area contributed by atoms with E-state index in [0.29, 0.717) is 0 Å². The molecule has 0 bridgehead atoms. The predicted octanol–water partition coefficient (Wildman–Crippen LogP) is 3.79. The van der Waals surface area contributed by atoms with Crippen LogP contribution < -0.4 is 0 Å². The molecule has 0 saturated heterocycles. The second kappa shape index (κ2) is 5.73. The summed E-state index contributed by atoms with van der Waals surface area (Å²) in [6.45, 7) is 5.05. The van der Waals surface area contributed by atoms with Gasteiger partial charge in [0, 0.05) is 26.7 Å². The fraction of sp³-hybridized carbons (Fsp3) is 0.467. The Kier molecular flexibility index (Phi) is 4.53. The van der Waals surface area contributed by atoms with Crippen LogP contribution in [0, 0.1) is 8.99 Å². The Morgan fingerprint density at radius 1 is 1.26 bits per heavy atom. The number of benzene rings is 1. The van der Waals surface area contributed by atoms with Crippen LogP contribution in [-0.2, 0) is 0 Å². The SMILES string of the molecule is CC(C)(C)C1=NN(C(=O)c2ccc(I)cc2)C(O)(C(F)(F)F)C1. The number of halogens is 4. The van der Waals surface area contributed by atoms with Crippen LogP contribution in [-0.4, -0.2) is 33.6 Å². The molecule has 0 aliphatic carbocycles. The van der Waals surface area contributed by atoms with Crippen LogP contribution in [0.3, 0.4) is 0 Å². The van der Waals surface area contributed by atoms with Gasteiger partial charge in [0.1, 0.15) is 0 Å². The van der Waals surface area contributed by atoms with E-state index in [4.69, 9.17) is 0 Å². The molecule has 1 atom stereocenters. The molecule has 4 nitrogen and oxygen atoms in total. The maximum Gasteiger partial charge on any atom is 0.438 e. The van der Waals surface area contributed by atoms with Crippen LogP contribution in [0.4, 0.5) is 13.2 Å². The number of hydrogen-bond acceptors (Lipinski definition) is 3. The summed E-state index contributed by atoms with van der Waals surface area (Å²) in [4.78, 5) is 12.4. The number of hydrazone groups is 1. The number of amides is 1. The third-order valence-electron chi connectivity index (χ3n) is 3.59. The van der Waals surface area contributed by atoms with E-state index in [1.54, 1.807) is 32.9 Å². The second-order valence-corrected chi connectivity index (χ2v) is 7.66. The van der Waals surface area contributed by atoms with Crippen molar-refractivity contribution in [3.63, 3.8) is 0 Å². The zero-order chi connectivity index (χ0) is 17.6. The smallest absolute Gasteiger partial charge is 0.362 e. The van der Waals surface area contributed by atoms with Gasteiger partial charge in [0.15, 0.2) is 0 Å². The normalized spacial score (nSPS) is 22.3. The Morgan fingerprint density at radius 3 is 2.22 bits per heavy atom. The molecule has 0 fully saturated rings. The lowest BCUT2D eigenvalue weighted by Crippen LogP contribution is -2.56. The van der Waals surface area contributed by atoms with Crippen LogP contribution >= 0.6 is 22.6 Å². The largest absolute Gasteiger partial charge is 0.438 e. The Morgan fingerprint density at radius 2 is 1.78 bits per heavy atom. The number of hydrogen-bond donors (Lipinski definition) is 1. The highest BCUT2D eigenvalue weighted by atomic mass is 127. The number of aliphatic hydroxyl groups is 1. The fourth-order valence-corrected chi connectivity index (χ4v) is 2.47. The molecule has 1 aromatic rings. The minimum atomic E-state index is -5.01. The lowest BCUT2D eigenvalue weighted by atomic mass is 9.86. The molecule has 1 aliphatic rings. The molecule has 0 spiro atoms. The van der Waals surface area contributed by atoms with Crippen LogP contribution in [0.25, 0.3) is 0 Å². The summed E-state index contributed by atoms with van der Waals surface area (Å²) < 4.78 is 41.0. The predicted molar refractivity (Wildman–Crippen MR) is 87.8 cm³/mol. The van der Waals surface area contributed by atoms with E-state index in [0.717, 1.165) is 3.57 Å². The Hall–Kier alpha value is -1.16. The molecular weight excluding hydrogens is 424 g/mol. The van der Waals surface area contributed by atoms with Gasteiger partial charge in [-0.3, -0.25) is 4.79 Å². The van der Waals surface area contributed by atoms with Crippen molar-refractivity contribution in [1.29, 1.82) is 0 Å². The Bertz CT molecular complexity index is 650. The molecule has 1 heterocycles. The molecule has 0 radical (unpaired) electrons. The quantitative estimate of drug-likeness (QED) is 0.676.